The summed E-state index contributed by atoms with van der Waals surface area (Å²) in [7, 11) is 1.36. The SMILES string of the molecule is COC(=O)c1ccc2nc(-c3ccc(Cl)cc3)[nH]c2c1. The number of esters is 1. The number of imidazole rings is 1. The van der Waals surface area contributed by atoms with Gasteiger partial charge in [0.15, 0.2) is 0 Å². The normalized spacial score (nSPS) is 10.7. The lowest BCUT2D eigenvalue weighted by molar-refractivity contribution is 0.0601. The molecule has 0 unspecified atom stereocenters. The third kappa shape index (κ3) is 2.26. The molecule has 4 nitrogen and oxygen atoms in total. The van der Waals surface area contributed by atoms with Gasteiger partial charge in [0.2, 0.25) is 0 Å². The Morgan fingerprint density at radius 3 is 2.65 bits per heavy atom. The lowest BCUT2D eigenvalue weighted by atomic mass is 10.2. The van der Waals surface area contributed by atoms with Crippen LogP contribution in [0.25, 0.3) is 22.4 Å². The second kappa shape index (κ2) is 4.98. The van der Waals surface area contributed by atoms with Crippen molar-refractivity contribution >= 4 is 28.6 Å². The van der Waals surface area contributed by atoms with E-state index >= 15 is 0 Å². The lowest BCUT2D eigenvalue weighted by Gasteiger charge is -1.97. The average Bonchev–Trinajstić information content (AvgIpc) is 2.90. The Labute approximate surface area is 120 Å². The number of fused-ring (bicyclic) bond motifs is 1. The molecule has 0 radical (unpaired) electrons. The summed E-state index contributed by atoms with van der Waals surface area (Å²) in [6.07, 6.45) is 0. The smallest absolute Gasteiger partial charge is 0.337 e. The van der Waals surface area contributed by atoms with Crippen molar-refractivity contribution in [3.63, 3.8) is 0 Å². The number of rotatable bonds is 2. The summed E-state index contributed by atoms with van der Waals surface area (Å²) in [5, 5.41) is 0.679. The number of nitrogens with zero attached hydrogens (tertiary/aromatic N) is 1. The molecule has 0 spiro atoms. The van der Waals surface area contributed by atoms with Gasteiger partial charge in [-0.1, -0.05) is 11.6 Å². The first kappa shape index (κ1) is 12.7. The molecule has 1 aromatic heterocycles. The predicted octanol–water partition coefficient (Wildman–Crippen LogP) is 3.67. The third-order valence-corrected chi connectivity index (χ3v) is 3.27. The zero-order valence-electron chi connectivity index (χ0n) is 10.7. The van der Waals surface area contributed by atoms with Gasteiger partial charge >= 0.3 is 5.97 Å². The van der Waals surface area contributed by atoms with Crippen molar-refractivity contribution in [3.05, 3.63) is 53.1 Å². The molecule has 20 heavy (non-hydrogen) atoms. The number of aromatic nitrogens is 2. The monoisotopic (exact) mass is 286 g/mol. The van der Waals surface area contributed by atoms with Crippen LogP contribution in [-0.2, 0) is 4.74 Å². The molecule has 1 N–H and O–H groups in total. The van der Waals surface area contributed by atoms with E-state index in [9.17, 15) is 4.79 Å². The summed E-state index contributed by atoms with van der Waals surface area (Å²) in [5.41, 5.74) is 3.01. The average molecular weight is 287 g/mol. The summed E-state index contributed by atoms with van der Waals surface area (Å²) < 4.78 is 4.70. The number of carbonyl (C=O) groups excluding carboxylic acids is 1. The largest absolute Gasteiger partial charge is 0.465 e. The van der Waals surface area contributed by atoms with Gasteiger partial charge in [0.1, 0.15) is 5.82 Å². The minimum absolute atomic E-state index is 0.366. The number of hydrogen-bond acceptors (Lipinski definition) is 3. The number of benzene rings is 2. The number of H-pyrrole nitrogens is 1. The number of aromatic amines is 1. The molecule has 1 heterocycles. The van der Waals surface area contributed by atoms with Crippen molar-refractivity contribution in [3.8, 4) is 11.4 Å². The molecular weight excluding hydrogens is 276 g/mol. The molecular formula is C15H11ClN2O2. The Hall–Kier alpha value is -2.33. The van der Waals surface area contributed by atoms with Crippen LogP contribution in [0.4, 0.5) is 0 Å². The third-order valence-electron chi connectivity index (χ3n) is 3.02. The van der Waals surface area contributed by atoms with E-state index in [1.807, 2.05) is 24.3 Å². The highest BCUT2D eigenvalue weighted by Gasteiger charge is 2.09. The molecule has 0 amide bonds. The maximum absolute atomic E-state index is 11.5. The molecule has 0 aliphatic carbocycles. The Morgan fingerprint density at radius 1 is 1.20 bits per heavy atom. The number of halogens is 1. The molecule has 0 atom stereocenters. The van der Waals surface area contributed by atoms with Crippen LogP contribution in [0.1, 0.15) is 10.4 Å². The standard InChI is InChI=1S/C15H11ClN2O2/c1-20-15(19)10-4-7-12-13(8-10)18-14(17-12)9-2-5-11(16)6-3-9/h2-8H,1H3,(H,17,18). The number of carbonyl (C=O) groups is 1. The molecule has 0 aliphatic rings. The molecule has 0 bridgehead atoms. The maximum Gasteiger partial charge on any atom is 0.337 e. The fourth-order valence-corrected chi connectivity index (χ4v) is 2.12. The topological polar surface area (TPSA) is 55.0 Å². The van der Waals surface area contributed by atoms with Gasteiger partial charge in [-0.2, -0.15) is 0 Å². The lowest BCUT2D eigenvalue weighted by Crippen LogP contribution is -2.00. The first-order valence-electron chi connectivity index (χ1n) is 6.01. The minimum Gasteiger partial charge on any atom is -0.465 e. The molecule has 0 aliphatic heterocycles. The van der Waals surface area contributed by atoms with Crippen molar-refractivity contribution in [1.29, 1.82) is 0 Å². The van der Waals surface area contributed by atoms with Crippen LogP contribution in [0.2, 0.25) is 5.02 Å². The van der Waals surface area contributed by atoms with E-state index in [2.05, 4.69) is 9.97 Å². The zero-order chi connectivity index (χ0) is 14.1. The molecule has 3 rings (SSSR count). The van der Waals surface area contributed by atoms with Crippen molar-refractivity contribution in [2.45, 2.75) is 0 Å². The minimum atomic E-state index is -0.366. The number of hydrogen-bond donors (Lipinski definition) is 1. The number of ether oxygens (including phenoxy) is 1. The van der Waals surface area contributed by atoms with E-state index in [4.69, 9.17) is 16.3 Å². The summed E-state index contributed by atoms with van der Waals surface area (Å²) in [5.74, 6) is 0.369. The van der Waals surface area contributed by atoms with Crippen LogP contribution >= 0.6 is 11.6 Å². The highest BCUT2D eigenvalue weighted by atomic mass is 35.5. The van der Waals surface area contributed by atoms with E-state index in [0.717, 1.165) is 22.4 Å². The number of nitrogens with one attached hydrogen (secondary N) is 1. The van der Waals surface area contributed by atoms with Crippen molar-refractivity contribution in [1.82, 2.24) is 9.97 Å². The van der Waals surface area contributed by atoms with E-state index in [1.165, 1.54) is 7.11 Å². The van der Waals surface area contributed by atoms with Crippen LogP contribution in [0.15, 0.2) is 42.5 Å². The Balaban J connectivity index is 2.06. The molecule has 2 aromatic carbocycles. The van der Waals surface area contributed by atoms with E-state index < -0.39 is 0 Å². The molecule has 100 valence electrons. The van der Waals surface area contributed by atoms with E-state index in [0.29, 0.717) is 10.6 Å². The summed E-state index contributed by atoms with van der Waals surface area (Å²) in [6, 6.07) is 12.6. The Morgan fingerprint density at radius 2 is 1.95 bits per heavy atom. The van der Waals surface area contributed by atoms with Crippen LogP contribution in [0.3, 0.4) is 0 Å². The van der Waals surface area contributed by atoms with Gasteiger partial charge in [0.25, 0.3) is 0 Å². The van der Waals surface area contributed by atoms with Gasteiger partial charge < -0.3 is 9.72 Å². The Bertz CT molecular complexity index is 778. The molecule has 5 heteroatoms. The Kier molecular flexibility index (Phi) is 3.16. The molecule has 0 saturated carbocycles. The van der Waals surface area contributed by atoms with Gasteiger partial charge in [-0.25, -0.2) is 9.78 Å². The predicted molar refractivity (Wildman–Crippen MR) is 77.9 cm³/mol. The van der Waals surface area contributed by atoms with Crippen LogP contribution in [0, 0.1) is 0 Å². The zero-order valence-corrected chi connectivity index (χ0v) is 11.4. The van der Waals surface area contributed by atoms with Crippen LogP contribution in [0.5, 0.6) is 0 Å². The van der Waals surface area contributed by atoms with Crippen molar-refractivity contribution < 1.29 is 9.53 Å². The van der Waals surface area contributed by atoms with Crippen LogP contribution < -0.4 is 0 Å². The van der Waals surface area contributed by atoms with Crippen molar-refractivity contribution in [2.24, 2.45) is 0 Å². The van der Waals surface area contributed by atoms with Gasteiger partial charge in [0.05, 0.1) is 23.7 Å². The summed E-state index contributed by atoms with van der Waals surface area (Å²) >= 11 is 5.87. The fourth-order valence-electron chi connectivity index (χ4n) is 2.00. The van der Waals surface area contributed by atoms with Gasteiger partial charge in [-0.15, -0.1) is 0 Å². The van der Waals surface area contributed by atoms with E-state index in [1.54, 1.807) is 18.2 Å². The summed E-state index contributed by atoms with van der Waals surface area (Å²) in [4.78, 5) is 19.2. The fraction of sp³-hybridized carbons (Fsp3) is 0.0667. The van der Waals surface area contributed by atoms with E-state index in [-0.39, 0.29) is 5.97 Å². The van der Waals surface area contributed by atoms with Gasteiger partial charge in [-0.3, -0.25) is 0 Å². The van der Waals surface area contributed by atoms with Crippen molar-refractivity contribution in [2.75, 3.05) is 7.11 Å². The molecule has 0 saturated heterocycles. The number of methoxy groups -OCH3 is 1. The first-order valence-corrected chi connectivity index (χ1v) is 6.39. The highest BCUT2D eigenvalue weighted by molar-refractivity contribution is 6.30. The summed E-state index contributed by atoms with van der Waals surface area (Å²) in [6.45, 7) is 0. The molecule has 0 fully saturated rings. The van der Waals surface area contributed by atoms with Gasteiger partial charge in [0, 0.05) is 10.6 Å². The first-order chi connectivity index (χ1) is 9.67. The second-order valence-corrected chi connectivity index (χ2v) is 4.75. The molecule has 3 aromatic rings. The van der Waals surface area contributed by atoms with Crippen LogP contribution in [-0.4, -0.2) is 23.0 Å². The maximum atomic E-state index is 11.5. The van der Waals surface area contributed by atoms with Gasteiger partial charge in [-0.05, 0) is 42.5 Å². The highest BCUT2D eigenvalue weighted by Crippen LogP contribution is 2.22. The quantitative estimate of drug-likeness (QED) is 0.731. The second-order valence-electron chi connectivity index (χ2n) is 4.32.